The highest BCUT2D eigenvalue weighted by Crippen LogP contribution is 2.14. The molecule has 0 saturated carbocycles. The van der Waals surface area contributed by atoms with Crippen LogP contribution in [-0.2, 0) is 32.3 Å². The SMILES string of the molecule is [N-]=[N+]=NC(=O)CCCC(NC(=O)OCc1ccccc1)C(CCCC(=O)N=[N+]=[N-])NC(=O)OCc1ccccc1. The van der Waals surface area contributed by atoms with Crippen LogP contribution in [-0.4, -0.2) is 36.1 Å². The van der Waals surface area contributed by atoms with Crippen LogP contribution in [0.5, 0.6) is 0 Å². The lowest BCUT2D eigenvalue weighted by atomic mass is 9.96. The van der Waals surface area contributed by atoms with Gasteiger partial charge in [-0.3, -0.25) is 9.59 Å². The molecule has 2 atom stereocenters. The van der Waals surface area contributed by atoms with Crippen LogP contribution in [0.2, 0.25) is 0 Å². The van der Waals surface area contributed by atoms with Crippen LogP contribution >= 0.6 is 0 Å². The molecule has 2 unspecified atom stereocenters. The summed E-state index contributed by atoms with van der Waals surface area (Å²) in [6.07, 6.45) is -0.854. The third kappa shape index (κ3) is 13.0. The van der Waals surface area contributed by atoms with Crippen molar-refractivity contribution in [2.75, 3.05) is 0 Å². The lowest BCUT2D eigenvalue weighted by Gasteiger charge is -2.28. The van der Waals surface area contributed by atoms with Gasteiger partial charge in [0.25, 0.3) is 0 Å². The Balaban J connectivity index is 2.13. The molecule has 4 amide bonds. The highest BCUT2D eigenvalue weighted by atomic mass is 16.6. The zero-order valence-electron chi connectivity index (χ0n) is 21.7. The maximum Gasteiger partial charge on any atom is 0.407 e. The molecule has 0 aliphatic heterocycles. The highest BCUT2D eigenvalue weighted by Gasteiger charge is 2.26. The van der Waals surface area contributed by atoms with Crippen molar-refractivity contribution in [3.8, 4) is 0 Å². The Morgan fingerprint density at radius 1 is 0.675 bits per heavy atom. The molecule has 0 aliphatic rings. The quantitative estimate of drug-likeness (QED) is 0.164. The number of rotatable bonds is 15. The van der Waals surface area contributed by atoms with E-state index in [2.05, 4.69) is 30.7 Å². The van der Waals surface area contributed by atoms with E-state index in [4.69, 9.17) is 20.5 Å². The lowest BCUT2D eigenvalue weighted by Crippen LogP contribution is -2.52. The summed E-state index contributed by atoms with van der Waals surface area (Å²) in [4.78, 5) is 53.7. The van der Waals surface area contributed by atoms with E-state index in [-0.39, 0.29) is 51.7 Å². The van der Waals surface area contributed by atoms with Crippen molar-refractivity contribution < 1.29 is 28.7 Å². The minimum absolute atomic E-state index is 0.00659. The van der Waals surface area contributed by atoms with Crippen LogP contribution in [0, 0.1) is 0 Å². The minimum Gasteiger partial charge on any atom is -0.445 e. The van der Waals surface area contributed by atoms with Gasteiger partial charge in [0, 0.05) is 22.7 Å². The number of nitrogens with one attached hydrogen (secondary N) is 2. The van der Waals surface area contributed by atoms with Gasteiger partial charge in [-0.15, -0.1) is 0 Å². The Labute approximate surface area is 230 Å². The smallest absolute Gasteiger partial charge is 0.407 e. The van der Waals surface area contributed by atoms with Gasteiger partial charge in [-0.25, -0.2) is 9.59 Å². The molecule has 2 aromatic rings. The van der Waals surface area contributed by atoms with E-state index in [1.807, 2.05) is 12.1 Å². The molecule has 14 nitrogen and oxygen atoms in total. The molecule has 210 valence electrons. The molecular formula is C26H30N8O6. The lowest BCUT2D eigenvalue weighted by molar-refractivity contribution is -0.119. The first-order chi connectivity index (χ1) is 19.4. The number of azide groups is 2. The third-order valence-corrected chi connectivity index (χ3v) is 5.64. The summed E-state index contributed by atoms with van der Waals surface area (Å²) in [5.74, 6) is -1.33. The van der Waals surface area contributed by atoms with Gasteiger partial charge < -0.3 is 20.1 Å². The van der Waals surface area contributed by atoms with E-state index >= 15 is 0 Å². The molecular weight excluding hydrogens is 520 g/mol. The molecule has 0 radical (unpaired) electrons. The molecule has 0 heterocycles. The largest absolute Gasteiger partial charge is 0.445 e. The summed E-state index contributed by atoms with van der Waals surface area (Å²) in [7, 11) is 0. The molecule has 0 spiro atoms. The second-order valence-corrected chi connectivity index (χ2v) is 8.58. The topological polar surface area (TPSA) is 208 Å². The second-order valence-electron chi connectivity index (χ2n) is 8.58. The van der Waals surface area contributed by atoms with Crippen molar-refractivity contribution in [1.82, 2.24) is 10.6 Å². The summed E-state index contributed by atoms with van der Waals surface area (Å²) >= 11 is 0. The molecule has 14 heteroatoms. The van der Waals surface area contributed by atoms with Gasteiger partial charge in [-0.05, 0) is 58.1 Å². The normalized spacial score (nSPS) is 11.5. The Morgan fingerprint density at radius 3 is 1.40 bits per heavy atom. The van der Waals surface area contributed by atoms with E-state index < -0.39 is 36.1 Å². The fraction of sp³-hybridized carbons (Fsp3) is 0.385. The molecule has 0 fully saturated rings. The fourth-order valence-electron chi connectivity index (χ4n) is 3.73. The summed E-state index contributed by atoms with van der Waals surface area (Å²) in [6, 6.07) is 16.5. The molecule has 0 bridgehead atoms. The summed E-state index contributed by atoms with van der Waals surface area (Å²) in [6.45, 7) is 0.0132. The Hall–Kier alpha value is -5.06. The number of nitrogens with zero attached hydrogens (tertiary/aromatic N) is 6. The molecule has 0 saturated heterocycles. The van der Waals surface area contributed by atoms with Crippen LogP contribution in [0.4, 0.5) is 9.59 Å². The summed E-state index contributed by atoms with van der Waals surface area (Å²) in [5, 5.41) is 11.5. The van der Waals surface area contributed by atoms with E-state index in [1.54, 1.807) is 48.5 Å². The maximum absolute atomic E-state index is 12.7. The van der Waals surface area contributed by atoms with Gasteiger partial charge in [0.15, 0.2) is 0 Å². The number of hydrogen-bond acceptors (Lipinski definition) is 6. The summed E-state index contributed by atoms with van der Waals surface area (Å²) < 4.78 is 10.6. The average Bonchev–Trinajstić information content (AvgIpc) is 2.95. The van der Waals surface area contributed by atoms with Crippen molar-refractivity contribution in [3.63, 3.8) is 0 Å². The van der Waals surface area contributed by atoms with E-state index in [1.165, 1.54) is 0 Å². The van der Waals surface area contributed by atoms with Crippen LogP contribution in [0.15, 0.2) is 70.9 Å². The van der Waals surface area contributed by atoms with Crippen LogP contribution in [0.25, 0.3) is 20.9 Å². The van der Waals surface area contributed by atoms with Crippen LogP contribution in [0.1, 0.15) is 49.7 Å². The molecule has 0 aliphatic carbocycles. The first kappa shape index (κ1) is 31.2. The monoisotopic (exact) mass is 550 g/mol. The van der Waals surface area contributed by atoms with Crippen molar-refractivity contribution in [1.29, 1.82) is 0 Å². The number of amides is 4. The number of ether oxygens (including phenoxy) is 2. The van der Waals surface area contributed by atoms with Gasteiger partial charge in [0.2, 0.25) is 11.8 Å². The van der Waals surface area contributed by atoms with Gasteiger partial charge in [0.05, 0.1) is 12.1 Å². The van der Waals surface area contributed by atoms with Crippen molar-refractivity contribution in [3.05, 3.63) is 92.7 Å². The van der Waals surface area contributed by atoms with Gasteiger partial charge in [-0.2, -0.15) is 0 Å². The minimum atomic E-state index is -0.759. The Bertz CT molecular complexity index is 1120. The van der Waals surface area contributed by atoms with Crippen LogP contribution in [0.3, 0.4) is 0 Å². The third-order valence-electron chi connectivity index (χ3n) is 5.64. The first-order valence-electron chi connectivity index (χ1n) is 12.5. The van der Waals surface area contributed by atoms with Crippen molar-refractivity contribution in [2.24, 2.45) is 10.2 Å². The predicted octanol–water partition coefficient (Wildman–Crippen LogP) is 5.59. The molecule has 0 aromatic heterocycles. The zero-order chi connectivity index (χ0) is 29.0. The average molecular weight is 551 g/mol. The van der Waals surface area contributed by atoms with Crippen LogP contribution < -0.4 is 10.6 Å². The number of benzene rings is 2. The standard InChI is InChI=1S/C26H30N8O6/c27-33-31-23(35)15-7-13-21(29-25(37)39-17-19-9-3-1-4-10-19)22(14-8-16-24(36)32-34-28)30-26(38)40-18-20-11-5-2-6-12-20/h1-6,9-12,21-22H,7-8,13-18H2,(H,29,37)(H,30,38). The first-order valence-corrected chi connectivity index (χ1v) is 12.5. The van der Waals surface area contributed by atoms with Crippen molar-refractivity contribution >= 4 is 24.0 Å². The van der Waals surface area contributed by atoms with E-state index in [9.17, 15) is 19.2 Å². The fourth-order valence-corrected chi connectivity index (χ4v) is 3.73. The Morgan fingerprint density at radius 2 is 1.05 bits per heavy atom. The van der Waals surface area contributed by atoms with Gasteiger partial charge >= 0.3 is 12.2 Å². The van der Waals surface area contributed by atoms with Gasteiger partial charge in [-0.1, -0.05) is 60.7 Å². The van der Waals surface area contributed by atoms with Crippen molar-refractivity contribution in [2.45, 2.75) is 63.8 Å². The highest BCUT2D eigenvalue weighted by molar-refractivity contribution is 5.77. The zero-order valence-corrected chi connectivity index (χ0v) is 21.7. The predicted molar refractivity (Wildman–Crippen MR) is 143 cm³/mol. The molecule has 2 rings (SSSR count). The van der Waals surface area contributed by atoms with Gasteiger partial charge in [0.1, 0.15) is 13.2 Å². The maximum atomic E-state index is 12.7. The number of hydrogen-bond donors (Lipinski definition) is 2. The molecule has 40 heavy (non-hydrogen) atoms. The molecule has 2 N–H and O–H groups in total. The van der Waals surface area contributed by atoms with E-state index in [0.29, 0.717) is 0 Å². The number of carbonyl (C=O) groups excluding carboxylic acids is 4. The second kappa shape index (κ2) is 18.2. The molecule has 2 aromatic carbocycles. The number of carbonyl (C=O) groups is 4. The Kier molecular flexibility index (Phi) is 14.2. The number of alkyl carbamates (subject to hydrolysis) is 2. The van der Waals surface area contributed by atoms with E-state index in [0.717, 1.165) is 11.1 Å². The summed E-state index contributed by atoms with van der Waals surface area (Å²) in [5.41, 5.74) is 18.5.